The second kappa shape index (κ2) is 9.96. The van der Waals surface area contributed by atoms with Gasteiger partial charge in [0.2, 0.25) is 0 Å². The Labute approximate surface area is 239 Å². The van der Waals surface area contributed by atoms with Crippen LogP contribution in [0.2, 0.25) is 0 Å². The quantitative estimate of drug-likeness (QED) is 0.229. The van der Waals surface area contributed by atoms with Crippen LogP contribution in [0.15, 0.2) is 59.1 Å². The van der Waals surface area contributed by atoms with Gasteiger partial charge in [-0.1, -0.05) is 35.5 Å². The van der Waals surface area contributed by atoms with Crippen LogP contribution in [0.1, 0.15) is 71.8 Å². The monoisotopic (exact) mass is 575 g/mol. The minimum Gasteiger partial charge on any atom is -0.493 e. The first-order valence-corrected chi connectivity index (χ1v) is 14.2. The first-order valence-electron chi connectivity index (χ1n) is 14.2. The molecule has 3 aliphatic rings. The van der Waals surface area contributed by atoms with E-state index in [0.29, 0.717) is 51.8 Å². The number of carboxylic acids is 1. The minimum absolute atomic E-state index is 0.0516. The van der Waals surface area contributed by atoms with Crippen molar-refractivity contribution in [1.82, 2.24) is 15.4 Å². The van der Waals surface area contributed by atoms with E-state index < -0.39 is 17.7 Å². The Balaban J connectivity index is 0.967. The molecule has 3 saturated carbocycles. The van der Waals surface area contributed by atoms with Crippen LogP contribution >= 0.6 is 0 Å². The van der Waals surface area contributed by atoms with Crippen LogP contribution in [0.5, 0.6) is 5.75 Å². The molecule has 2 aromatic heterocycles. The van der Waals surface area contributed by atoms with Crippen molar-refractivity contribution in [3.05, 3.63) is 77.2 Å². The van der Waals surface area contributed by atoms with Gasteiger partial charge in [-0.3, -0.25) is 0 Å². The van der Waals surface area contributed by atoms with E-state index in [2.05, 4.69) is 21.4 Å². The molecular weight excluding hydrogens is 547 g/mol. The molecule has 7 nitrogen and oxygen atoms in total. The van der Waals surface area contributed by atoms with Crippen LogP contribution in [-0.4, -0.2) is 33.0 Å². The number of carboxylic acid groups (broad SMARTS) is 1. The molecule has 3 fully saturated rings. The Bertz CT molecular complexity index is 1690. The topological polar surface area (TPSA) is 98.3 Å². The van der Waals surface area contributed by atoms with Gasteiger partial charge in [0.25, 0.3) is 0 Å². The van der Waals surface area contributed by atoms with Crippen LogP contribution in [0.4, 0.5) is 13.2 Å². The van der Waals surface area contributed by atoms with Gasteiger partial charge < -0.3 is 14.4 Å². The van der Waals surface area contributed by atoms with Gasteiger partial charge in [0.15, 0.2) is 5.69 Å². The molecule has 2 heterocycles. The van der Waals surface area contributed by atoms with Crippen LogP contribution in [-0.2, 0) is 6.18 Å². The molecule has 10 heteroatoms. The third-order valence-corrected chi connectivity index (χ3v) is 8.82. The number of halogens is 3. The number of hydrogen-bond donors (Lipinski definition) is 1. The van der Waals surface area contributed by atoms with Gasteiger partial charge in [0, 0.05) is 28.5 Å². The molecule has 0 atom stereocenters. The maximum absolute atomic E-state index is 13.7. The van der Waals surface area contributed by atoms with Crippen molar-refractivity contribution in [2.75, 3.05) is 6.61 Å². The highest BCUT2D eigenvalue weighted by Gasteiger charge is 2.52. The van der Waals surface area contributed by atoms with Crippen molar-refractivity contribution in [3.8, 4) is 17.0 Å². The summed E-state index contributed by atoms with van der Waals surface area (Å²) >= 11 is 0. The summed E-state index contributed by atoms with van der Waals surface area (Å²) in [5.41, 5.74) is 1.08. The Morgan fingerprint density at radius 3 is 2.60 bits per heavy atom. The highest BCUT2D eigenvalue weighted by molar-refractivity contribution is 5.90. The van der Waals surface area contributed by atoms with Crippen molar-refractivity contribution in [2.45, 2.75) is 50.6 Å². The molecule has 0 unspecified atom stereocenters. The number of aromatic carboxylic acids is 1. The van der Waals surface area contributed by atoms with Crippen molar-refractivity contribution in [3.63, 3.8) is 0 Å². The second-order valence-electron chi connectivity index (χ2n) is 12.0. The molecule has 0 bridgehead atoms. The molecule has 42 heavy (non-hydrogen) atoms. The molecule has 0 saturated heterocycles. The van der Waals surface area contributed by atoms with Gasteiger partial charge in [0.1, 0.15) is 17.2 Å². The van der Waals surface area contributed by atoms with Crippen LogP contribution < -0.4 is 4.74 Å². The Morgan fingerprint density at radius 2 is 1.86 bits per heavy atom. The smallest absolute Gasteiger partial charge is 0.417 e. The number of hydrogen-bond acceptors (Lipinski definition) is 6. The molecule has 3 aliphatic carbocycles. The number of aromatic nitrogens is 3. The van der Waals surface area contributed by atoms with E-state index >= 15 is 0 Å². The van der Waals surface area contributed by atoms with Gasteiger partial charge in [-0.25, -0.2) is 4.79 Å². The van der Waals surface area contributed by atoms with Crippen molar-refractivity contribution < 1.29 is 32.3 Å². The van der Waals surface area contributed by atoms with Crippen molar-refractivity contribution in [2.24, 2.45) is 17.3 Å². The van der Waals surface area contributed by atoms with Crippen molar-refractivity contribution in [1.29, 1.82) is 0 Å². The molecule has 216 valence electrons. The lowest BCUT2D eigenvalue weighted by molar-refractivity contribution is -0.137. The highest BCUT2D eigenvalue weighted by atomic mass is 19.4. The predicted molar refractivity (Wildman–Crippen MR) is 148 cm³/mol. The Morgan fingerprint density at radius 1 is 1.07 bits per heavy atom. The fourth-order valence-electron chi connectivity index (χ4n) is 6.70. The summed E-state index contributed by atoms with van der Waals surface area (Å²) in [5, 5.41) is 21.6. The summed E-state index contributed by atoms with van der Waals surface area (Å²) in [7, 11) is 0. The minimum atomic E-state index is -4.48. The van der Waals surface area contributed by atoms with Gasteiger partial charge in [-0.2, -0.15) is 13.2 Å². The summed E-state index contributed by atoms with van der Waals surface area (Å²) in [5.74, 6) is 1.30. The average molecular weight is 576 g/mol. The number of benzene rings is 2. The van der Waals surface area contributed by atoms with E-state index in [4.69, 9.17) is 14.4 Å². The fourth-order valence-corrected chi connectivity index (χ4v) is 6.70. The lowest BCUT2D eigenvalue weighted by Gasteiger charge is -2.57. The molecule has 1 spiro atoms. The summed E-state index contributed by atoms with van der Waals surface area (Å²) in [4.78, 5) is 11.1. The van der Waals surface area contributed by atoms with Gasteiger partial charge in [-0.15, -0.1) is 10.2 Å². The molecule has 7 rings (SSSR count). The summed E-state index contributed by atoms with van der Waals surface area (Å²) in [6.07, 6.45) is 5.77. The molecule has 0 amide bonds. The van der Waals surface area contributed by atoms with Crippen LogP contribution in [0, 0.1) is 17.3 Å². The van der Waals surface area contributed by atoms with Gasteiger partial charge in [0.05, 0.1) is 17.7 Å². The largest absolute Gasteiger partial charge is 0.493 e. The summed E-state index contributed by atoms with van der Waals surface area (Å²) < 4.78 is 52.8. The maximum atomic E-state index is 13.7. The summed E-state index contributed by atoms with van der Waals surface area (Å²) in [6.45, 7) is 0.599. The Kier molecular flexibility index (Phi) is 6.32. The van der Waals surface area contributed by atoms with E-state index in [9.17, 15) is 18.0 Å². The summed E-state index contributed by atoms with van der Waals surface area (Å²) in [6, 6.07) is 12.4. The third-order valence-electron chi connectivity index (χ3n) is 8.82. The van der Waals surface area contributed by atoms with E-state index in [0.717, 1.165) is 44.6 Å². The second-order valence-corrected chi connectivity index (χ2v) is 12.0. The highest BCUT2D eigenvalue weighted by Crippen LogP contribution is 2.61. The molecular formula is C32H28F3N3O4. The van der Waals surface area contributed by atoms with E-state index in [1.54, 1.807) is 18.2 Å². The maximum Gasteiger partial charge on any atom is 0.417 e. The number of carbonyl (C=O) groups is 1. The zero-order chi connectivity index (χ0) is 29.1. The number of fused-ring (bicyclic) bond motifs is 1. The standard InChI is InChI=1S/C32H28F3N3O4/c33-32(34,35)25-4-2-1-3-23(25)28-24(29(42-38-28)20-6-7-20)10-5-18-13-31(14-18)15-19(16-31)17-41-22-9-8-21-11-27(30(39)40)37-36-26(21)12-22/h1-5,8-12,18-20H,6-7,13-17H2,(H,39,40). The van der Waals surface area contributed by atoms with E-state index in [-0.39, 0.29) is 22.9 Å². The van der Waals surface area contributed by atoms with Crippen LogP contribution in [0.3, 0.4) is 0 Å². The predicted octanol–water partition coefficient (Wildman–Crippen LogP) is 7.78. The average Bonchev–Trinajstić information content (AvgIpc) is 3.69. The SMILES string of the molecule is O=C(O)c1cc2ccc(OCC3CC4(CC(C=Cc5c(-c6ccccc6C(F)(F)F)noc5C5CC5)C4)C3)cc2nn1. The van der Waals surface area contributed by atoms with E-state index in [1.165, 1.54) is 18.2 Å². The lowest BCUT2D eigenvalue weighted by Crippen LogP contribution is -2.48. The Hall–Kier alpha value is -4.21. The number of alkyl halides is 3. The number of rotatable bonds is 8. The van der Waals surface area contributed by atoms with Gasteiger partial charge in [-0.05, 0) is 80.0 Å². The first-order chi connectivity index (χ1) is 20.2. The normalized spacial score (nSPS) is 23.7. The molecule has 4 aromatic rings. The first kappa shape index (κ1) is 26.7. The zero-order valence-electron chi connectivity index (χ0n) is 22.6. The molecule has 1 N–H and O–H groups in total. The molecule has 0 aliphatic heterocycles. The van der Waals surface area contributed by atoms with Gasteiger partial charge >= 0.3 is 12.1 Å². The van der Waals surface area contributed by atoms with Crippen LogP contribution in [0.25, 0.3) is 28.2 Å². The number of allylic oxidation sites excluding steroid dienone is 1. The molecule has 0 radical (unpaired) electrons. The third kappa shape index (κ3) is 5.03. The fraction of sp³-hybridized carbons (Fsp3) is 0.375. The van der Waals surface area contributed by atoms with Crippen molar-refractivity contribution >= 4 is 22.9 Å². The number of ether oxygens (including phenoxy) is 1. The molecule has 2 aromatic carbocycles. The lowest BCUT2D eigenvalue weighted by atomic mass is 9.48. The zero-order valence-corrected chi connectivity index (χ0v) is 22.6. The number of nitrogens with zero attached hydrogens (tertiary/aromatic N) is 3. The van der Waals surface area contributed by atoms with E-state index in [1.807, 2.05) is 12.1 Å².